The Balaban J connectivity index is 1.09. The third-order valence-corrected chi connectivity index (χ3v) is 9.30. The van der Waals surface area contributed by atoms with Crippen molar-refractivity contribution in [3.63, 3.8) is 0 Å². The van der Waals surface area contributed by atoms with Crippen LogP contribution in [0.25, 0.3) is 44.2 Å². The Hall–Kier alpha value is -4.92. The van der Waals surface area contributed by atoms with Crippen molar-refractivity contribution in [2.75, 3.05) is 0 Å². The van der Waals surface area contributed by atoms with E-state index in [2.05, 4.69) is 65.0 Å². The fraction of sp³-hybridized carbons (Fsp3) is 0.132. The molecule has 0 radical (unpaired) electrons. The molecular weight excluding hydrogens is 611 g/mol. The number of aryl methyl sites for hydroxylation is 2. The van der Waals surface area contributed by atoms with Gasteiger partial charge >= 0.3 is 0 Å². The number of ether oxygens (including phenoxy) is 2. The van der Waals surface area contributed by atoms with E-state index in [1.54, 1.807) is 11.3 Å². The SMILES string of the molecule is Cn1c(COc2ccc(-c3csc(CCC(=O)S)c3-c3ccc(OCc4ccc5ccccc5n4)cc3)cc2)nc2ccccc21. The summed E-state index contributed by atoms with van der Waals surface area (Å²) in [6.07, 6.45) is 1.01. The zero-order valence-electron chi connectivity index (χ0n) is 25.2. The maximum absolute atomic E-state index is 11.7. The van der Waals surface area contributed by atoms with Crippen LogP contribution in [0.2, 0.25) is 0 Å². The lowest BCUT2D eigenvalue weighted by Crippen LogP contribution is -2.03. The number of hydrogen-bond acceptors (Lipinski definition) is 6. The first-order valence-corrected chi connectivity index (χ1v) is 16.4. The average molecular weight is 642 g/mol. The number of pyridine rings is 1. The molecule has 0 bridgehead atoms. The second-order valence-electron chi connectivity index (χ2n) is 11.0. The number of para-hydroxylation sites is 3. The molecular formula is C38H31N3O3S2. The molecule has 8 heteroatoms. The number of carbonyl (C=O) groups is 1. The van der Waals surface area contributed by atoms with Gasteiger partial charge in [0.1, 0.15) is 30.5 Å². The molecule has 7 aromatic rings. The fourth-order valence-electron chi connectivity index (χ4n) is 5.60. The summed E-state index contributed by atoms with van der Waals surface area (Å²) >= 11 is 5.68. The van der Waals surface area contributed by atoms with Crippen molar-refractivity contribution in [3.8, 4) is 33.8 Å². The predicted molar refractivity (Wildman–Crippen MR) is 189 cm³/mol. The largest absolute Gasteiger partial charge is 0.487 e. The molecule has 7 rings (SSSR count). The van der Waals surface area contributed by atoms with Crippen LogP contribution in [0.1, 0.15) is 22.8 Å². The van der Waals surface area contributed by atoms with Crippen LogP contribution in [0.3, 0.4) is 0 Å². The normalized spacial score (nSPS) is 11.3. The number of benzene rings is 4. The van der Waals surface area contributed by atoms with Gasteiger partial charge in [0.25, 0.3) is 0 Å². The monoisotopic (exact) mass is 641 g/mol. The van der Waals surface area contributed by atoms with Crippen LogP contribution in [-0.2, 0) is 31.5 Å². The van der Waals surface area contributed by atoms with Crippen molar-refractivity contribution in [2.45, 2.75) is 26.1 Å². The minimum absolute atomic E-state index is 0.117. The molecule has 6 nitrogen and oxygen atoms in total. The molecule has 0 saturated heterocycles. The number of thiophene rings is 1. The number of rotatable bonds is 11. The molecule has 0 unspecified atom stereocenters. The highest BCUT2D eigenvalue weighted by molar-refractivity contribution is 7.96. The van der Waals surface area contributed by atoms with E-state index in [0.29, 0.717) is 26.1 Å². The highest BCUT2D eigenvalue weighted by Crippen LogP contribution is 2.41. The van der Waals surface area contributed by atoms with Gasteiger partial charge in [0.2, 0.25) is 0 Å². The minimum atomic E-state index is -0.117. The van der Waals surface area contributed by atoms with Gasteiger partial charge in [-0.05, 0) is 71.5 Å². The number of imidazole rings is 1. The van der Waals surface area contributed by atoms with Crippen LogP contribution in [0, 0.1) is 0 Å². The predicted octanol–water partition coefficient (Wildman–Crippen LogP) is 9.06. The van der Waals surface area contributed by atoms with Gasteiger partial charge in [-0.25, -0.2) is 9.97 Å². The number of fused-ring (bicyclic) bond motifs is 2. The lowest BCUT2D eigenvalue weighted by atomic mass is 9.95. The smallest absolute Gasteiger partial charge is 0.186 e. The molecule has 0 atom stereocenters. The van der Waals surface area contributed by atoms with Gasteiger partial charge in [0.05, 0.1) is 22.2 Å². The lowest BCUT2D eigenvalue weighted by Gasteiger charge is -2.12. The van der Waals surface area contributed by atoms with Crippen LogP contribution >= 0.6 is 24.0 Å². The van der Waals surface area contributed by atoms with Crippen molar-refractivity contribution in [1.82, 2.24) is 14.5 Å². The van der Waals surface area contributed by atoms with Gasteiger partial charge in [-0.1, -0.05) is 60.7 Å². The maximum Gasteiger partial charge on any atom is 0.186 e. The molecule has 0 saturated carbocycles. The van der Waals surface area contributed by atoms with Crippen molar-refractivity contribution >= 4 is 51.0 Å². The van der Waals surface area contributed by atoms with E-state index in [9.17, 15) is 4.79 Å². The van der Waals surface area contributed by atoms with E-state index in [0.717, 1.165) is 72.1 Å². The Kier molecular flexibility index (Phi) is 8.55. The maximum atomic E-state index is 11.7. The van der Waals surface area contributed by atoms with Crippen molar-refractivity contribution in [3.05, 3.63) is 131 Å². The summed E-state index contributed by atoms with van der Waals surface area (Å²) in [5.41, 5.74) is 8.25. The van der Waals surface area contributed by atoms with Gasteiger partial charge in [-0.3, -0.25) is 4.79 Å². The topological polar surface area (TPSA) is 66.2 Å². The highest BCUT2D eigenvalue weighted by Gasteiger charge is 2.17. The van der Waals surface area contributed by atoms with Crippen LogP contribution in [0.5, 0.6) is 11.5 Å². The zero-order chi connectivity index (χ0) is 31.5. The van der Waals surface area contributed by atoms with Crippen LogP contribution < -0.4 is 9.47 Å². The molecule has 0 amide bonds. The quantitative estimate of drug-likeness (QED) is 0.143. The number of thiol groups is 1. The van der Waals surface area contributed by atoms with E-state index < -0.39 is 0 Å². The molecule has 4 aromatic carbocycles. The second-order valence-corrected chi connectivity index (χ2v) is 12.5. The van der Waals surface area contributed by atoms with E-state index in [-0.39, 0.29) is 5.12 Å². The molecule has 46 heavy (non-hydrogen) atoms. The molecule has 0 N–H and O–H groups in total. The first-order chi connectivity index (χ1) is 22.5. The fourth-order valence-corrected chi connectivity index (χ4v) is 6.79. The third-order valence-electron chi connectivity index (χ3n) is 8.03. The summed E-state index contributed by atoms with van der Waals surface area (Å²) in [5.74, 6) is 2.41. The molecule has 3 heterocycles. The Morgan fingerprint density at radius 2 is 1.43 bits per heavy atom. The average Bonchev–Trinajstić information content (AvgIpc) is 3.66. The van der Waals surface area contributed by atoms with Gasteiger partial charge in [0.15, 0.2) is 5.12 Å². The summed E-state index contributed by atoms with van der Waals surface area (Å²) in [6, 6.07) is 36.5. The number of carbonyl (C=O) groups excluding carboxylic acids is 1. The molecule has 0 aliphatic heterocycles. The number of nitrogens with zero attached hydrogens (tertiary/aromatic N) is 3. The summed E-state index contributed by atoms with van der Waals surface area (Å²) in [7, 11) is 2.01. The Morgan fingerprint density at radius 3 is 2.17 bits per heavy atom. The standard InChI is InChI=1S/C38H31N3O3S2/c1-41-34-9-5-4-8-33(34)40-36(41)23-44-30-16-11-25(12-17-30)31-24-46-35(20-21-37(42)45)38(31)27-13-18-29(19-14-27)43-22-28-15-10-26-6-2-3-7-32(26)39-28/h2-19,24H,20-23H2,1H3,(H,42,45). The molecule has 3 aromatic heterocycles. The molecule has 228 valence electrons. The van der Waals surface area contributed by atoms with Crippen molar-refractivity contribution in [1.29, 1.82) is 0 Å². The van der Waals surface area contributed by atoms with Crippen LogP contribution in [-0.4, -0.2) is 19.7 Å². The second kappa shape index (κ2) is 13.2. The molecule has 0 aliphatic carbocycles. The number of hydrogen-bond donors (Lipinski definition) is 1. The van der Waals surface area contributed by atoms with Crippen LogP contribution in [0.15, 0.2) is 115 Å². The van der Waals surface area contributed by atoms with E-state index in [1.807, 2.05) is 73.8 Å². The summed E-state index contributed by atoms with van der Waals surface area (Å²) in [6.45, 7) is 0.760. The zero-order valence-corrected chi connectivity index (χ0v) is 26.9. The summed E-state index contributed by atoms with van der Waals surface area (Å²) < 4.78 is 14.3. The van der Waals surface area contributed by atoms with Gasteiger partial charge < -0.3 is 14.0 Å². The highest BCUT2D eigenvalue weighted by atomic mass is 32.1. The Labute approximate surface area is 276 Å². The van der Waals surface area contributed by atoms with Gasteiger partial charge in [-0.15, -0.1) is 24.0 Å². The van der Waals surface area contributed by atoms with Crippen LogP contribution in [0.4, 0.5) is 0 Å². The third kappa shape index (κ3) is 6.40. The summed E-state index contributed by atoms with van der Waals surface area (Å²) in [4.78, 5) is 22.3. The van der Waals surface area contributed by atoms with Gasteiger partial charge in [0, 0.05) is 34.9 Å². The minimum Gasteiger partial charge on any atom is -0.487 e. The molecule has 0 fully saturated rings. The summed E-state index contributed by atoms with van der Waals surface area (Å²) in [5, 5.41) is 3.16. The number of aromatic nitrogens is 3. The van der Waals surface area contributed by atoms with Crippen molar-refractivity contribution < 1.29 is 14.3 Å². The Bertz CT molecular complexity index is 2150. The first-order valence-electron chi connectivity index (χ1n) is 15.1. The molecule has 0 aliphatic rings. The van der Waals surface area contributed by atoms with Gasteiger partial charge in [-0.2, -0.15) is 0 Å². The van der Waals surface area contributed by atoms with Crippen molar-refractivity contribution in [2.24, 2.45) is 7.05 Å². The first kappa shape index (κ1) is 29.8. The van der Waals surface area contributed by atoms with E-state index >= 15 is 0 Å². The lowest BCUT2D eigenvalue weighted by molar-refractivity contribution is -0.110. The molecule has 0 spiro atoms. The van der Waals surface area contributed by atoms with E-state index in [4.69, 9.17) is 19.4 Å². The van der Waals surface area contributed by atoms with E-state index in [1.165, 1.54) is 0 Å². The Morgan fingerprint density at radius 1 is 0.761 bits per heavy atom.